The molecule has 2 atom stereocenters. The fraction of sp³-hybridized carbons (Fsp3) is 0.650. The minimum Gasteiger partial charge on any atom is -0.748 e. The number of hydrogen-bond donors (Lipinski definition) is 1. The molecule has 0 radical (unpaired) electrons. The van der Waals surface area contributed by atoms with Gasteiger partial charge in [0.05, 0.1) is 27.2 Å². The number of unbranched alkanes of at least 4 members (excludes halogenated alkanes) is 3. The Morgan fingerprint density at radius 2 is 1.75 bits per heavy atom. The molecular formula is C20H28KNO8S2. The summed E-state index contributed by atoms with van der Waals surface area (Å²) < 4.78 is 70.4. The molecule has 0 spiro atoms. The third kappa shape index (κ3) is 6.50. The summed E-state index contributed by atoms with van der Waals surface area (Å²) in [7, 11) is -9.24. The van der Waals surface area contributed by atoms with Gasteiger partial charge in [-0.3, -0.25) is 4.79 Å². The predicted molar refractivity (Wildman–Crippen MR) is 111 cm³/mol. The normalized spacial score (nSPS) is 24.8. The van der Waals surface area contributed by atoms with Crippen molar-refractivity contribution in [3.63, 3.8) is 0 Å². The van der Waals surface area contributed by atoms with Crippen LogP contribution in [0.3, 0.4) is 0 Å². The van der Waals surface area contributed by atoms with Crippen molar-refractivity contribution < 1.29 is 87.2 Å². The van der Waals surface area contributed by atoms with Crippen LogP contribution in [0.1, 0.15) is 58.8 Å². The Balaban J connectivity index is 0.00000512. The van der Waals surface area contributed by atoms with Gasteiger partial charge < -0.3 is 19.1 Å². The minimum atomic E-state index is -4.86. The second-order valence-corrected chi connectivity index (χ2v) is 11.5. The van der Waals surface area contributed by atoms with Crippen molar-refractivity contribution in [2.75, 3.05) is 12.3 Å². The Morgan fingerprint density at radius 1 is 1.09 bits per heavy atom. The molecule has 2 aliphatic rings. The van der Waals surface area contributed by atoms with Crippen LogP contribution < -0.4 is 51.4 Å². The molecule has 32 heavy (non-hydrogen) atoms. The summed E-state index contributed by atoms with van der Waals surface area (Å²) in [5, 5.41) is 8.79. The fourth-order valence-electron chi connectivity index (χ4n) is 4.47. The Morgan fingerprint density at radius 3 is 2.31 bits per heavy atom. The standard InChI is InChI=1S/C20H29NO8S2.K/c1-19(13-7-3-4-12-18(22)23)16-10-5-6-11-17(16)21(20(19,2)31(27,28)29)14-8-9-15-30(24,25)26;/h6,10-11H,3-4,7-9,12-15H2,1-2H3,(H2-,22,23,24,25,26,27,28,29);/q;+1/p-1. The monoisotopic (exact) mass is 513 g/mol. The van der Waals surface area contributed by atoms with Crippen LogP contribution in [-0.2, 0) is 25.0 Å². The van der Waals surface area contributed by atoms with Crippen molar-refractivity contribution in [3.8, 4) is 0 Å². The molecule has 12 heteroatoms. The summed E-state index contributed by atoms with van der Waals surface area (Å²) >= 11 is 0. The summed E-state index contributed by atoms with van der Waals surface area (Å²) in [5.41, 5.74) is 0.152. The molecule has 0 aromatic rings. The van der Waals surface area contributed by atoms with E-state index in [2.05, 4.69) is 6.08 Å². The van der Waals surface area contributed by atoms with Gasteiger partial charge in [0, 0.05) is 24.8 Å². The second-order valence-electron chi connectivity index (χ2n) is 8.29. The van der Waals surface area contributed by atoms with Crippen LogP contribution in [0.5, 0.6) is 0 Å². The van der Waals surface area contributed by atoms with Crippen LogP contribution in [0, 0.1) is 11.5 Å². The largest absolute Gasteiger partial charge is 1.00 e. The molecule has 1 N–H and O–H groups in total. The third-order valence-electron chi connectivity index (χ3n) is 6.35. The van der Waals surface area contributed by atoms with Crippen LogP contribution in [0.15, 0.2) is 29.5 Å². The number of allylic oxidation sites excluding steroid dienone is 4. The average molecular weight is 514 g/mol. The van der Waals surface area contributed by atoms with E-state index < -0.39 is 42.2 Å². The van der Waals surface area contributed by atoms with Gasteiger partial charge in [-0.25, -0.2) is 16.8 Å². The van der Waals surface area contributed by atoms with Gasteiger partial charge in [0.15, 0.2) is 10.6 Å². The number of aliphatic carboxylic acids is 1. The molecule has 0 amide bonds. The van der Waals surface area contributed by atoms with Gasteiger partial charge in [0.2, 0.25) is 0 Å². The van der Waals surface area contributed by atoms with Crippen LogP contribution in [0.25, 0.3) is 0 Å². The number of rotatable bonds is 12. The first kappa shape index (κ1) is 29.9. The van der Waals surface area contributed by atoms with Crippen LogP contribution in [-0.4, -0.2) is 59.1 Å². The zero-order valence-electron chi connectivity index (χ0n) is 18.7. The van der Waals surface area contributed by atoms with Gasteiger partial charge in [0.25, 0.3) is 0 Å². The molecule has 9 nitrogen and oxygen atoms in total. The van der Waals surface area contributed by atoms with E-state index in [0.717, 1.165) is 0 Å². The van der Waals surface area contributed by atoms with E-state index in [1.165, 1.54) is 11.8 Å². The maximum atomic E-state index is 12.6. The molecule has 1 heterocycles. The Labute approximate surface area is 232 Å². The molecule has 0 fully saturated rings. The summed E-state index contributed by atoms with van der Waals surface area (Å²) in [6.07, 6.45) is 10.1. The first-order valence-electron chi connectivity index (χ1n) is 10.1. The van der Waals surface area contributed by atoms with E-state index in [4.69, 9.17) is 5.11 Å². The number of nitrogens with zero attached hydrogens (tertiary/aromatic N) is 1. The second kappa shape index (κ2) is 11.5. The number of carbonyl (C=O) groups is 1. The molecule has 1 aliphatic carbocycles. The van der Waals surface area contributed by atoms with E-state index >= 15 is 0 Å². The molecule has 2 unspecified atom stereocenters. The zero-order chi connectivity index (χ0) is 23.5. The Bertz CT molecular complexity index is 1000. The minimum absolute atomic E-state index is 0. The van der Waals surface area contributed by atoms with Crippen LogP contribution >= 0.6 is 0 Å². The zero-order valence-corrected chi connectivity index (χ0v) is 23.4. The van der Waals surface area contributed by atoms with E-state index in [-0.39, 0.29) is 77.2 Å². The summed E-state index contributed by atoms with van der Waals surface area (Å²) in [4.78, 5) is 10.4. The van der Waals surface area contributed by atoms with Gasteiger partial charge in [-0.05, 0) is 39.5 Å². The summed E-state index contributed by atoms with van der Waals surface area (Å²) in [6.45, 7) is 3.20. The fourth-order valence-corrected chi connectivity index (χ4v) is 6.25. The van der Waals surface area contributed by atoms with Crippen molar-refractivity contribution >= 4 is 26.2 Å². The number of carboxylic acid groups (broad SMARTS) is 1. The molecular weight excluding hydrogens is 485 g/mol. The Kier molecular flexibility index (Phi) is 10.8. The van der Waals surface area contributed by atoms with Crippen molar-refractivity contribution in [1.29, 1.82) is 0 Å². The first-order valence-corrected chi connectivity index (χ1v) is 13.1. The average Bonchev–Trinajstić information content (AvgIpc) is 2.83. The van der Waals surface area contributed by atoms with E-state index in [1.807, 2.05) is 0 Å². The van der Waals surface area contributed by atoms with E-state index in [0.29, 0.717) is 37.0 Å². The quantitative estimate of drug-likeness (QED) is 0.151. The number of hydrogen-bond acceptors (Lipinski definition) is 8. The molecule has 0 saturated carbocycles. The van der Waals surface area contributed by atoms with E-state index in [9.17, 15) is 30.7 Å². The van der Waals surface area contributed by atoms with Gasteiger partial charge in [0.1, 0.15) is 22.3 Å². The van der Waals surface area contributed by atoms with Crippen molar-refractivity contribution in [2.45, 2.75) is 63.7 Å². The van der Waals surface area contributed by atoms with Crippen LogP contribution in [0.4, 0.5) is 0 Å². The smallest absolute Gasteiger partial charge is 0.748 e. The van der Waals surface area contributed by atoms with Gasteiger partial charge in [-0.1, -0.05) is 12.8 Å². The number of carboxylic acids is 1. The molecule has 2 rings (SSSR count). The van der Waals surface area contributed by atoms with Crippen molar-refractivity contribution in [2.24, 2.45) is 5.41 Å². The van der Waals surface area contributed by atoms with Gasteiger partial charge >= 0.3 is 57.4 Å². The topological polar surface area (TPSA) is 155 Å². The maximum Gasteiger partial charge on any atom is 1.00 e. The Hall–Kier alpha value is -0.144. The molecule has 0 aromatic carbocycles. The molecule has 174 valence electrons. The predicted octanol–water partition coefficient (Wildman–Crippen LogP) is -0.883. The molecule has 0 bridgehead atoms. The van der Waals surface area contributed by atoms with Gasteiger partial charge in [-0.2, -0.15) is 0 Å². The van der Waals surface area contributed by atoms with Crippen LogP contribution in [0.2, 0.25) is 0 Å². The van der Waals surface area contributed by atoms with Crippen molar-refractivity contribution in [1.82, 2.24) is 4.90 Å². The SMILES string of the molecule is CC1(CCCCCC(=O)O)C2=C(C=C[C+]=C2)N(CCCCS(=O)(=O)[O-])C1(C)S(=O)(=O)[O-].[K+]. The summed E-state index contributed by atoms with van der Waals surface area (Å²) in [6, 6.07) is 0. The molecule has 0 saturated heterocycles. The van der Waals surface area contributed by atoms with Crippen molar-refractivity contribution in [3.05, 3.63) is 35.6 Å². The molecule has 0 aromatic heterocycles. The van der Waals surface area contributed by atoms with Gasteiger partial charge in [-0.15, -0.1) is 0 Å². The third-order valence-corrected chi connectivity index (χ3v) is 8.78. The molecule has 1 aliphatic heterocycles. The van der Waals surface area contributed by atoms with E-state index in [1.54, 1.807) is 25.2 Å². The first-order chi connectivity index (χ1) is 14.2. The maximum absolute atomic E-state index is 12.6. The summed E-state index contributed by atoms with van der Waals surface area (Å²) in [5.74, 6) is -1.46.